The summed E-state index contributed by atoms with van der Waals surface area (Å²) in [4.78, 5) is 20.6. The fourth-order valence-corrected chi connectivity index (χ4v) is 5.73. The number of benzene rings is 2. The maximum absolute atomic E-state index is 13.5. The number of anilines is 3. The van der Waals surface area contributed by atoms with Gasteiger partial charge in [0.25, 0.3) is 5.91 Å². The van der Waals surface area contributed by atoms with Crippen molar-refractivity contribution in [2.45, 2.75) is 31.6 Å². The van der Waals surface area contributed by atoms with Gasteiger partial charge in [0.05, 0.1) is 10.5 Å². The highest BCUT2D eigenvalue weighted by atomic mass is 32.2. The number of likely N-dealkylation sites (N-methyl/N-ethyl adjacent to an activating group) is 1. The molecule has 2 aliphatic rings. The molecule has 0 atom stereocenters. The van der Waals surface area contributed by atoms with E-state index in [2.05, 4.69) is 39.1 Å². The zero-order valence-corrected chi connectivity index (χ0v) is 22.1. The van der Waals surface area contributed by atoms with Crippen molar-refractivity contribution in [3.05, 3.63) is 47.5 Å². The maximum Gasteiger partial charge on any atom is 0.257 e. The third kappa shape index (κ3) is 5.47. The summed E-state index contributed by atoms with van der Waals surface area (Å²) in [6, 6.07) is 11.0. The summed E-state index contributed by atoms with van der Waals surface area (Å²) in [5.74, 6) is -0.296. The van der Waals surface area contributed by atoms with E-state index in [1.54, 1.807) is 12.1 Å². The number of sulfonamides is 1. The van der Waals surface area contributed by atoms with Crippen molar-refractivity contribution in [3.8, 4) is 0 Å². The van der Waals surface area contributed by atoms with Crippen LogP contribution in [-0.2, 0) is 10.0 Å². The Kier molecular flexibility index (Phi) is 7.68. The molecule has 0 unspecified atom stereocenters. The molecular formula is C26H37N5O3S. The first kappa shape index (κ1) is 25.5. The number of rotatable bonds is 7. The highest BCUT2D eigenvalue weighted by Crippen LogP contribution is 2.30. The number of nitrogens with one attached hydrogen (secondary N) is 1. The smallest absolute Gasteiger partial charge is 0.257 e. The summed E-state index contributed by atoms with van der Waals surface area (Å²) in [7, 11) is -0.659. The Morgan fingerprint density at radius 3 is 2.23 bits per heavy atom. The molecule has 35 heavy (non-hydrogen) atoms. The van der Waals surface area contributed by atoms with Gasteiger partial charge in [-0.2, -0.15) is 0 Å². The molecule has 0 radical (unpaired) electrons. The predicted molar refractivity (Wildman–Crippen MR) is 142 cm³/mol. The van der Waals surface area contributed by atoms with Crippen LogP contribution in [0.25, 0.3) is 0 Å². The van der Waals surface area contributed by atoms with Crippen molar-refractivity contribution in [2.75, 3.05) is 75.0 Å². The van der Waals surface area contributed by atoms with Gasteiger partial charge in [-0.15, -0.1) is 0 Å². The van der Waals surface area contributed by atoms with Crippen molar-refractivity contribution >= 4 is 33.0 Å². The van der Waals surface area contributed by atoms with E-state index in [1.165, 1.54) is 24.5 Å². The summed E-state index contributed by atoms with van der Waals surface area (Å²) in [5, 5.41) is 3.04. The molecule has 0 bridgehead atoms. The normalized spacial score (nSPS) is 17.3. The second-order valence-corrected chi connectivity index (χ2v) is 11.7. The molecule has 0 spiro atoms. The van der Waals surface area contributed by atoms with Crippen molar-refractivity contribution in [3.63, 3.8) is 0 Å². The molecule has 2 aromatic carbocycles. The zero-order valence-electron chi connectivity index (χ0n) is 21.2. The van der Waals surface area contributed by atoms with E-state index in [-0.39, 0.29) is 10.8 Å². The quantitative estimate of drug-likeness (QED) is 0.630. The lowest BCUT2D eigenvalue weighted by molar-refractivity contribution is 0.102. The molecule has 4 rings (SSSR count). The van der Waals surface area contributed by atoms with Gasteiger partial charge in [-0.05, 0) is 68.3 Å². The van der Waals surface area contributed by atoms with Gasteiger partial charge in [-0.25, -0.2) is 12.7 Å². The standard InChI is InChI=1S/C26H37N5O3S/c1-5-29-14-16-30(17-15-29)21-8-10-24(20(2)18-21)27-26(32)23-19-22(35(33,34)28(3)4)9-11-25(23)31-12-6-7-13-31/h8-11,18-19H,5-7,12-17H2,1-4H3,(H,27,32). The Morgan fingerprint density at radius 1 is 0.943 bits per heavy atom. The number of hydrogen-bond donors (Lipinski definition) is 1. The molecule has 0 aromatic heterocycles. The van der Waals surface area contributed by atoms with E-state index >= 15 is 0 Å². The van der Waals surface area contributed by atoms with Crippen LogP contribution in [0.15, 0.2) is 41.3 Å². The van der Waals surface area contributed by atoms with Gasteiger partial charge < -0.3 is 20.0 Å². The number of nitrogens with zero attached hydrogens (tertiary/aromatic N) is 4. The van der Waals surface area contributed by atoms with Crippen LogP contribution in [0.1, 0.15) is 35.7 Å². The largest absolute Gasteiger partial charge is 0.371 e. The summed E-state index contributed by atoms with van der Waals surface area (Å²) in [5.41, 5.74) is 4.04. The van der Waals surface area contributed by atoms with Crippen LogP contribution < -0.4 is 15.1 Å². The lowest BCUT2D eigenvalue weighted by Gasteiger charge is -2.35. The SMILES string of the molecule is CCN1CCN(c2ccc(NC(=O)c3cc(S(=O)(=O)N(C)C)ccc3N3CCCC3)c(C)c2)CC1. The summed E-state index contributed by atoms with van der Waals surface area (Å²) < 4.78 is 26.7. The van der Waals surface area contributed by atoms with E-state index < -0.39 is 10.0 Å². The van der Waals surface area contributed by atoms with Crippen LogP contribution in [0, 0.1) is 6.92 Å². The molecule has 1 amide bonds. The molecule has 2 fully saturated rings. The van der Waals surface area contributed by atoms with E-state index in [1.807, 2.05) is 13.0 Å². The van der Waals surface area contributed by atoms with Crippen molar-refractivity contribution in [1.29, 1.82) is 0 Å². The van der Waals surface area contributed by atoms with Gasteiger partial charge in [0.1, 0.15) is 0 Å². The third-order valence-electron chi connectivity index (χ3n) is 7.08. The third-order valence-corrected chi connectivity index (χ3v) is 8.89. The van der Waals surface area contributed by atoms with E-state index in [4.69, 9.17) is 0 Å². The van der Waals surface area contributed by atoms with Gasteiger partial charge in [-0.3, -0.25) is 4.79 Å². The minimum Gasteiger partial charge on any atom is -0.371 e. The molecular weight excluding hydrogens is 462 g/mol. The molecule has 190 valence electrons. The van der Waals surface area contributed by atoms with Gasteiger partial charge in [0.15, 0.2) is 0 Å². The topological polar surface area (TPSA) is 76.2 Å². The van der Waals surface area contributed by atoms with Crippen LogP contribution in [-0.4, -0.2) is 83.4 Å². The fourth-order valence-electron chi connectivity index (χ4n) is 4.80. The molecule has 9 heteroatoms. The Labute approximate surface area is 209 Å². The highest BCUT2D eigenvalue weighted by Gasteiger charge is 2.25. The second kappa shape index (κ2) is 10.6. The number of amides is 1. The van der Waals surface area contributed by atoms with E-state index in [9.17, 15) is 13.2 Å². The lowest BCUT2D eigenvalue weighted by atomic mass is 10.1. The number of piperazine rings is 1. The van der Waals surface area contributed by atoms with Crippen LogP contribution in [0.2, 0.25) is 0 Å². The molecule has 8 nitrogen and oxygen atoms in total. The van der Waals surface area contributed by atoms with Crippen LogP contribution >= 0.6 is 0 Å². The molecule has 2 aliphatic heterocycles. The molecule has 2 aromatic rings. The van der Waals surface area contributed by atoms with E-state index in [0.717, 1.165) is 81.3 Å². The lowest BCUT2D eigenvalue weighted by Crippen LogP contribution is -2.46. The number of carbonyl (C=O) groups is 1. The Bertz CT molecular complexity index is 1170. The van der Waals surface area contributed by atoms with Crippen LogP contribution in [0.3, 0.4) is 0 Å². The maximum atomic E-state index is 13.5. The number of hydrogen-bond acceptors (Lipinski definition) is 6. The summed E-state index contributed by atoms with van der Waals surface area (Å²) in [6.45, 7) is 11.1. The Balaban J connectivity index is 1.59. The molecule has 2 heterocycles. The second-order valence-electron chi connectivity index (χ2n) is 9.54. The van der Waals surface area contributed by atoms with Crippen molar-refractivity contribution in [2.24, 2.45) is 0 Å². The Hall–Kier alpha value is -2.62. The molecule has 0 aliphatic carbocycles. The monoisotopic (exact) mass is 499 g/mol. The molecule has 0 saturated carbocycles. The first-order chi connectivity index (χ1) is 16.7. The van der Waals surface area contributed by atoms with Gasteiger partial charge in [0, 0.05) is 70.4 Å². The van der Waals surface area contributed by atoms with Crippen molar-refractivity contribution in [1.82, 2.24) is 9.21 Å². The van der Waals surface area contributed by atoms with Gasteiger partial charge >= 0.3 is 0 Å². The molecule has 1 N–H and O–H groups in total. The first-order valence-electron chi connectivity index (χ1n) is 12.4. The summed E-state index contributed by atoms with van der Waals surface area (Å²) >= 11 is 0. The van der Waals surface area contributed by atoms with Gasteiger partial charge in [0.2, 0.25) is 10.0 Å². The van der Waals surface area contributed by atoms with Crippen molar-refractivity contribution < 1.29 is 13.2 Å². The number of carbonyl (C=O) groups excluding carboxylic acids is 1. The fraction of sp³-hybridized carbons (Fsp3) is 0.500. The summed E-state index contributed by atoms with van der Waals surface area (Å²) in [6.07, 6.45) is 2.12. The van der Waals surface area contributed by atoms with Crippen LogP contribution in [0.5, 0.6) is 0 Å². The Morgan fingerprint density at radius 2 is 1.63 bits per heavy atom. The minimum atomic E-state index is -3.65. The number of aryl methyl sites for hydroxylation is 1. The van der Waals surface area contributed by atoms with Gasteiger partial charge in [-0.1, -0.05) is 6.92 Å². The van der Waals surface area contributed by atoms with Crippen LogP contribution in [0.4, 0.5) is 17.1 Å². The highest BCUT2D eigenvalue weighted by molar-refractivity contribution is 7.89. The average molecular weight is 500 g/mol. The molecule has 2 saturated heterocycles. The minimum absolute atomic E-state index is 0.119. The zero-order chi connectivity index (χ0) is 25.2. The average Bonchev–Trinajstić information content (AvgIpc) is 3.39. The predicted octanol–water partition coefficient (Wildman–Crippen LogP) is 3.24. The van der Waals surface area contributed by atoms with E-state index in [0.29, 0.717) is 5.56 Å². The first-order valence-corrected chi connectivity index (χ1v) is 13.9.